The van der Waals surface area contributed by atoms with Gasteiger partial charge in [-0.2, -0.15) is 0 Å². The molecule has 0 aliphatic heterocycles. The second kappa shape index (κ2) is 4.88. The molecule has 1 heterocycles. The van der Waals surface area contributed by atoms with Crippen LogP contribution < -0.4 is 5.73 Å². The Labute approximate surface area is 101 Å². The Bertz CT molecular complexity index is 439. The molecule has 0 aliphatic rings. The largest absolute Gasteiger partial charge is 0.330 e. The zero-order chi connectivity index (χ0) is 10.7. The Morgan fingerprint density at radius 2 is 2.00 bits per heavy atom. The van der Waals surface area contributed by atoms with Crippen molar-refractivity contribution in [3.05, 3.63) is 39.1 Å². The maximum Gasteiger partial charge on any atom is 0.0979 e. The van der Waals surface area contributed by atoms with Crippen molar-refractivity contribution in [1.82, 2.24) is 4.98 Å². The summed E-state index contributed by atoms with van der Waals surface area (Å²) >= 11 is 5.20. The van der Waals surface area contributed by atoms with Gasteiger partial charge in [-0.3, -0.25) is 0 Å². The third kappa shape index (κ3) is 2.45. The summed E-state index contributed by atoms with van der Waals surface area (Å²) in [6.45, 7) is 0.647. The molecule has 0 amide bonds. The molecular weight excluding hydrogens is 272 g/mol. The average molecular weight is 283 g/mol. The SMILES string of the molecule is NCCc1nc(-c2ccccc2)c(Br)s1. The van der Waals surface area contributed by atoms with Crippen LogP contribution in [0.3, 0.4) is 0 Å². The van der Waals surface area contributed by atoms with Crippen molar-refractivity contribution in [3.8, 4) is 11.3 Å². The number of nitrogens with two attached hydrogens (primary N) is 1. The molecule has 0 bridgehead atoms. The minimum absolute atomic E-state index is 0.647. The number of benzene rings is 1. The second-order valence-corrected chi connectivity index (χ2v) is 5.54. The lowest BCUT2D eigenvalue weighted by Gasteiger charge is -1.95. The van der Waals surface area contributed by atoms with Crippen molar-refractivity contribution < 1.29 is 0 Å². The molecule has 0 spiro atoms. The van der Waals surface area contributed by atoms with Gasteiger partial charge in [0.15, 0.2) is 0 Å². The number of hydrogen-bond acceptors (Lipinski definition) is 3. The summed E-state index contributed by atoms with van der Waals surface area (Å²) < 4.78 is 1.08. The first-order valence-electron chi connectivity index (χ1n) is 4.72. The number of nitrogens with zero attached hydrogens (tertiary/aromatic N) is 1. The number of thiazole rings is 1. The smallest absolute Gasteiger partial charge is 0.0979 e. The Balaban J connectivity index is 2.36. The monoisotopic (exact) mass is 282 g/mol. The van der Waals surface area contributed by atoms with Gasteiger partial charge < -0.3 is 5.73 Å². The highest BCUT2D eigenvalue weighted by Crippen LogP contribution is 2.32. The lowest BCUT2D eigenvalue weighted by Crippen LogP contribution is -2.01. The maximum absolute atomic E-state index is 5.51. The molecule has 2 rings (SSSR count). The minimum atomic E-state index is 0.647. The summed E-state index contributed by atoms with van der Waals surface area (Å²) in [5, 5.41) is 1.09. The fraction of sp³-hybridized carbons (Fsp3) is 0.182. The summed E-state index contributed by atoms with van der Waals surface area (Å²) in [7, 11) is 0. The molecule has 78 valence electrons. The predicted octanol–water partition coefficient (Wildman–Crippen LogP) is 3.07. The lowest BCUT2D eigenvalue weighted by molar-refractivity contribution is 0.954. The van der Waals surface area contributed by atoms with Gasteiger partial charge in [-0.1, -0.05) is 30.3 Å². The molecular formula is C11H11BrN2S. The van der Waals surface area contributed by atoms with E-state index in [1.165, 1.54) is 0 Å². The molecule has 15 heavy (non-hydrogen) atoms. The van der Waals surface area contributed by atoms with Crippen LogP contribution in [0.1, 0.15) is 5.01 Å². The van der Waals surface area contributed by atoms with Crippen LogP contribution in [0.15, 0.2) is 34.1 Å². The maximum atomic E-state index is 5.51. The van der Waals surface area contributed by atoms with E-state index in [2.05, 4.69) is 33.0 Å². The number of rotatable bonds is 3. The van der Waals surface area contributed by atoms with E-state index in [1.807, 2.05) is 18.2 Å². The predicted molar refractivity (Wildman–Crippen MR) is 68.0 cm³/mol. The van der Waals surface area contributed by atoms with Crippen molar-refractivity contribution >= 4 is 27.3 Å². The van der Waals surface area contributed by atoms with Crippen LogP contribution in [0.25, 0.3) is 11.3 Å². The molecule has 4 heteroatoms. The third-order valence-corrected chi connectivity index (χ3v) is 3.80. The van der Waals surface area contributed by atoms with Gasteiger partial charge in [0.05, 0.1) is 14.5 Å². The van der Waals surface area contributed by atoms with Crippen molar-refractivity contribution in [2.45, 2.75) is 6.42 Å². The Hall–Kier alpha value is -0.710. The van der Waals surface area contributed by atoms with Crippen LogP contribution in [0, 0.1) is 0 Å². The number of halogens is 1. The van der Waals surface area contributed by atoms with Gasteiger partial charge in [0.2, 0.25) is 0 Å². The highest BCUT2D eigenvalue weighted by Gasteiger charge is 2.09. The highest BCUT2D eigenvalue weighted by atomic mass is 79.9. The molecule has 0 atom stereocenters. The van der Waals surface area contributed by atoms with E-state index in [4.69, 9.17) is 5.73 Å². The highest BCUT2D eigenvalue weighted by molar-refractivity contribution is 9.11. The molecule has 0 radical (unpaired) electrons. The molecule has 0 fully saturated rings. The first-order valence-corrected chi connectivity index (χ1v) is 6.33. The van der Waals surface area contributed by atoms with Crippen molar-refractivity contribution in [1.29, 1.82) is 0 Å². The van der Waals surface area contributed by atoms with Gasteiger partial charge in [-0.15, -0.1) is 11.3 Å². The van der Waals surface area contributed by atoms with Crippen LogP contribution in [-0.4, -0.2) is 11.5 Å². The molecule has 2 nitrogen and oxygen atoms in total. The molecule has 2 N–H and O–H groups in total. The van der Waals surface area contributed by atoms with Crippen LogP contribution in [0.5, 0.6) is 0 Å². The van der Waals surface area contributed by atoms with E-state index >= 15 is 0 Å². The molecule has 0 aliphatic carbocycles. The van der Waals surface area contributed by atoms with E-state index in [9.17, 15) is 0 Å². The summed E-state index contributed by atoms with van der Waals surface area (Å²) in [5.41, 5.74) is 7.67. The molecule has 0 saturated carbocycles. The van der Waals surface area contributed by atoms with Gasteiger partial charge in [-0.25, -0.2) is 4.98 Å². The van der Waals surface area contributed by atoms with Gasteiger partial charge in [0.25, 0.3) is 0 Å². The van der Waals surface area contributed by atoms with E-state index in [0.29, 0.717) is 6.54 Å². The van der Waals surface area contributed by atoms with Gasteiger partial charge >= 0.3 is 0 Å². The van der Waals surface area contributed by atoms with E-state index < -0.39 is 0 Å². The summed E-state index contributed by atoms with van der Waals surface area (Å²) in [5.74, 6) is 0. The summed E-state index contributed by atoms with van der Waals surface area (Å²) in [6.07, 6.45) is 0.843. The van der Waals surface area contributed by atoms with Crippen LogP contribution >= 0.6 is 27.3 Å². The Morgan fingerprint density at radius 3 is 2.67 bits per heavy atom. The van der Waals surface area contributed by atoms with Gasteiger partial charge in [0.1, 0.15) is 0 Å². The fourth-order valence-corrected chi connectivity index (χ4v) is 3.05. The molecule has 1 aromatic carbocycles. The quantitative estimate of drug-likeness (QED) is 0.940. The first kappa shape index (κ1) is 10.8. The Kier molecular flexibility index (Phi) is 3.51. The summed E-state index contributed by atoms with van der Waals surface area (Å²) in [4.78, 5) is 4.56. The molecule has 1 aromatic heterocycles. The van der Waals surface area contributed by atoms with Crippen molar-refractivity contribution in [3.63, 3.8) is 0 Å². The second-order valence-electron chi connectivity index (χ2n) is 3.13. The van der Waals surface area contributed by atoms with Crippen LogP contribution in [0.4, 0.5) is 0 Å². The van der Waals surface area contributed by atoms with Crippen LogP contribution in [-0.2, 0) is 6.42 Å². The van der Waals surface area contributed by atoms with Crippen molar-refractivity contribution in [2.75, 3.05) is 6.54 Å². The standard InChI is InChI=1S/C11H11BrN2S/c12-11-10(8-4-2-1-3-5-8)14-9(15-11)6-7-13/h1-5H,6-7,13H2. The van der Waals surface area contributed by atoms with E-state index in [-0.39, 0.29) is 0 Å². The normalized spacial score (nSPS) is 10.5. The lowest BCUT2D eigenvalue weighted by atomic mass is 10.2. The zero-order valence-electron chi connectivity index (χ0n) is 8.11. The summed E-state index contributed by atoms with van der Waals surface area (Å²) in [6, 6.07) is 10.2. The fourth-order valence-electron chi connectivity index (χ4n) is 1.35. The zero-order valence-corrected chi connectivity index (χ0v) is 10.5. The first-order chi connectivity index (χ1) is 7.31. The van der Waals surface area contributed by atoms with E-state index in [1.54, 1.807) is 11.3 Å². The number of aromatic nitrogens is 1. The molecule has 2 aromatic rings. The molecule has 0 saturated heterocycles. The average Bonchev–Trinajstić information content (AvgIpc) is 2.61. The van der Waals surface area contributed by atoms with Gasteiger partial charge in [-0.05, 0) is 22.5 Å². The Morgan fingerprint density at radius 1 is 1.27 bits per heavy atom. The third-order valence-electron chi connectivity index (χ3n) is 2.04. The topological polar surface area (TPSA) is 38.9 Å². The van der Waals surface area contributed by atoms with Crippen LogP contribution in [0.2, 0.25) is 0 Å². The van der Waals surface area contributed by atoms with E-state index in [0.717, 1.165) is 26.5 Å². The van der Waals surface area contributed by atoms with Gasteiger partial charge in [0, 0.05) is 12.0 Å². The minimum Gasteiger partial charge on any atom is -0.330 e. The number of hydrogen-bond donors (Lipinski definition) is 1. The van der Waals surface area contributed by atoms with Crippen molar-refractivity contribution in [2.24, 2.45) is 5.73 Å². The molecule has 0 unspecified atom stereocenters.